The van der Waals surface area contributed by atoms with Crippen LogP contribution in [0.2, 0.25) is 0 Å². The average molecular weight is 443 g/mol. The summed E-state index contributed by atoms with van der Waals surface area (Å²) in [6.45, 7) is 18.9. The molecule has 0 aromatic heterocycles. The minimum atomic E-state index is 0.622. The number of rotatable bonds is 7. The minimum absolute atomic E-state index is 0.622. The SMILES string of the molecule is CCNC(=NCc1ccccc1CN1CCN(CC)CC1)N1CCC(N2CCOCC2)C1. The Morgan fingerprint density at radius 3 is 2.41 bits per heavy atom. The van der Waals surface area contributed by atoms with E-state index in [0.29, 0.717) is 6.04 Å². The number of nitrogens with zero attached hydrogens (tertiary/aromatic N) is 5. The van der Waals surface area contributed by atoms with Crippen molar-refractivity contribution < 1.29 is 4.74 Å². The molecule has 3 aliphatic rings. The number of aliphatic imine (C=N–C) groups is 1. The van der Waals surface area contributed by atoms with Crippen LogP contribution >= 0.6 is 0 Å². The Morgan fingerprint density at radius 1 is 0.969 bits per heavy atom. The fourth-order valence-corrected chi connectivity index (χ4v) is 5.13. The van der Waals surface area contributed by atoms with Gasteiger partial charge in [-0.1, -0.05) is 31.2 Å². The Labute approximate surface area is 194 Å². The summed E-state index contributed by atoms with van der Waals surface area (Å²) in [5, 5.41) is 3.55. The molecule has 1 atom stereocenters. The molecule has 0 radical (unpaired) electrons. The first-order chi connectivity index (χ1) is 15.8. The van der Waals surface area contributed by atoms with Crippen LogP contribution in [0.5, 0.6) is 0 Å². The van der Waals surface area contributed by atoms with Gasteiger partial charge >= 0.3 is 0 Å². The summed E-state index contributed by atoms with van der Waals surface area (Å²) in [6.07, 6.45) is 1.21. The summed E-state index contributed by atoms with van der Waals surface area (Å²) in [5.41, 5.74) is 2.77. The van der Waals surface area contributed by atoms with Gasteiger partial charge in [-0.2, -0.15) is 0 Å². The molecule has 0 aliphatic carbocycles. The second kappa shape index (κ2) is 12.0. The van der Waals surface area contributed by atoms with Gasteiger partial charge in [0.05, 0.1) is 19.8 Å². The van der Waals surface area contributed by atoms with Crippen LogP contribution in [0.15, 0.2) is 29.3 Å². The van der Waals surface area contributed by atoms with E-state index >= 15 is 0 Å². The molecular weight excluding hydrogens is 400 g/mol. The lowest BCUT2D eigenvalue weighted by Gasteiger charge is -2.34. The smallest absolute Gasteiger partial charge is 0.194 e. The van der Waals surface area contributed by atoms with Crippen molar-refractivity contribution >= 4 is 5.96 Å². The van der Waals surface area contributed by atoms with Crippen LogP contribution in [0.3, 0.4) is 0 Å². The quantitative estimate of drug-likeness (QED) is 0.512. The van der Waals surface area contributed by atoms with E-state index < -0.39 is 0 Å². The van der Waals surface area contributed by atoms with Gasteiger partial charge in [0.25, 0.3) is 0 Å². The molecule has 7 nitrogen and oxygen atoms in total. The third-order valence-corrected chi connectivity index (χ3v) is 7.18. The third-order valence-electron chi connectivity index (χ3n) is 7.18. The van der Waals surface area contributed by atoms with E-state index in [-0.39, 0.29) is 0 Å². The second-order valence-electron chi connectivity index (χ2n) is 9.19. The number of morpholine rings is 1. The Hall–Kier alpha value is -1.67. The van der Waals surface area contributed by atoms with Gasteiger partial charge in [-0.05, 0) is 31.0 Å². The molecule has 3 fully saturated rings. The summed E-state index contributed by atoms with van der Waals surface area (Å²) in [7, 11) is 0. The van der Waals surface area contributed by atoms with E-state index in [1.54, 1.807) is 0 Å². The molecule has 0 amide bonds. The normalized spacial score (nSPS) is 24.2. The standard InChI is InChI=1S/C25H42N6O/c1-3-26-25(31-10-9-24(21-31)30-15-17-32-18-16-30)27-19-22-7-5-6-8-23(22)20-29-13-11-28(4-2)12-14-29/h5-8,24H,3-4,9-21H2,1-2H3,(H,26,27). The number of ether oxygens (including phenoxy) is 1. The molecule has 7 heteroatoms. The highest BCUT2D eigenvalue weighted by Crippen LogP contribution is 2.18. The van der Waals surface area contributed by atoms with Gasteiger partial charge in [0, 0.05) is 71.5 Å². The van der Waals surface area contributed by atoms with Crippen LogP contribution in [0.25, 0.3) is 0 Å². The average Bonchev–Trinajstić information content (AvgIpc) is 3.34. The largest absolute Gasteiger partial charge is 0.379 e. The molecular formula is C25H42N6O. The number of likely N-dealkylation sites (N-methyl/N-ethyl adjacent to an activating group) is 1. The Bertz CT molecular complexity index is 727. The lowest BCUT2D eigenvalue weighted by Crippen LogP contribution is -2.46. The zero-order chi connectivity index (χ0) is 22.2. The second-order valence-corrected chi connectivity index (χ2v) is 9.19. The van der Waals surface area contributed by atoms with Gasteiger partial charge in [-0.3, -0.25) is 9.80 Å². The first-order valence-electron chi connectivity index (χ1n) is 12.6. The van der Waals surface area contributed by atoms with Crippen molar-refractivity contribution in [2.75, 3.05) is 78.7 Å². The number of piperazine rings is 1. The van der Waals surface area contributed by atoms with Gasteiger partial charge < -0.3 is 19.9 Å². The van der Waals surface area contributed by atoms with Crippen LogP contribution in [-0.2, 0) is 17.8 Å². The molecule has 1 unspecified atom stereocenters. The van der Waals surface area contributed by atoms with E-state index in [9.17, 15) is 0 Å². The molecule has 0 spiro atoms. The molecule has 1 aromatic carbocycles. The molecule has 1 N–H and O–H groups in total. The number of likely N-dealkylation sites (tertiary alicyclic amines) is 1. The molecule has 4 rings (SSSR count). The lowest BCUT2D eigenvalue weighted by molar-refractivity contribution is 0.0195. The predicted molar refractivity (Wildman–Crippen MR) is 131 cm³/mol. The molecule has 178 valence electrons. The highest BCUT2D eigenvalue weighted by Gasteiger charge is 2.30. The highest BCUT2D eigenvalue weighted by molar-refractivity contribution is 5.80. The molecule has 3 heterocycles. The molecule has 0 saturated carbocycles. The van der Waals surface area contributed by atoms with Crippen LogP contribution < -0.4 is 5.32 Å². The van der Waals surface area contributed by atoms with E-state index in [1.807, 2.05) is 0 Å². The van der Waals surface area contributed by atoms with Crippen molar-refractivity contribution in [2.45, 2.75) is 39.4 Å². The van der Waals surface area contributed by atoms with Crippen molar-refractivity contribution in [3.8, 4) is 0 Å². The van der Waals surface area contributed by atoms with Crippen LogP contribution in [0.4, 0.5) is 0 Å². The zero-order valence-corrected chi connectivity index (χ0v) is 20.1. The van der Waals surface area contributed by atoms with Crippen molar-refractivity contribution in [2.24, 2.45) is 4.99 Å². The topological polar surface area (TPSA) is 46.6 Å². The van der Waals surface area contributed by atoms with E-state index in [0.717, 1.165) is 84.6 Å². The van der Waals surface area contributed by atoms with Crippen LogP contribution in [0, 0.1) is 0 Å². The summed E-state index contributed by atoms with van der Waals surface area (Å²) in [5.74, 6) is 1.06. The summed E-state index contributed by atoms with van der Waals surface area (Å²) in [4.78, 5) is 15.3. The Morgan fingerprint density at radius 2 is 1.69 bits per heavy atom. The summed E-state index contributed by atoms with van der Waals surface area (Å²) >= 11 is 0. The monoisotopic (exact) mass is 442 g/mol. The number of guanidine groups is 1. The Kier molecular flexibility index (Phi) is 8.79. The minimum Gasteiger partial charge on any atom is -0.379 e. The molecule has 0 bridgehead atoms. The van der Waals surface area contributed by atoms with E-state index in [1.165, 1.54) is 30.6 Å². The number of hydrogen-bond acceptors (Lipinski definition) is 5. The van der Waals surface area contributed by atoms with Gasteiger partial charge in [0.1, 0.15) is 0 Å². The summed E-state index contributed by atoms with van der Waals surface area (Å²) in [6, 6.07) is 9.49. The fraction of sp³-hybridized carbons (Fsp3) is 0.720. The van der Waals surface area contributed by atoms with Crippen molar-refractivity contribution in [1.82, 2.24) is 24.9 Å². The first kappa shape index (κ1) is 23.5. The number of benzene rings is 1. The Balaban J connectivity index is 1.37. The molecule has 32 heavy (non-hydrogen) atoms. The van der Waals surface area contributed by atoms with Crippen molar-refractivity contribution in [3.05, 3.63) is 35.4 Å². The zero-order valence-electron chi connectivity index (χ0n) is 20.1. The maximum absolute atomic E-state index is 5.54. The third kappa shape index (κ3) is 6.22. The molecule has 1 aromatic rings. The highest BCUT2D eigenvalue weighted by atomic mass is 16.5. The predicted octanol–water partition coefficient (Wildman–Crippen LogP) is 1.70. The van der Waals surface area contributed by atoms with Gasteiger partial charge in [-0.25, -0.2) is 4.99 Å². The van der Waals surface area contributed by atoms with Crippen LogP contribution in [0.1, 0.15) is 31.4 Å². The van der Waals surface area contributed by atoms with E-state index in [2.05, 4.69) is 63.0 Å². The summed E-state index contributed by atoms with van der Waals surface area (Å²) < 4.78 is 5.54. The van der Waals surface area contributed by atoms with Crippen LogP contribution in [-0.4, -0.2) is 110 Å². The van der Waals surface area contributed by atoms with Crippen molar-refractivity contribution in [1.29, 1.82) is 0 Å². The molecule has 3 saturated heterocycles. The first-order valence-corrected chi connectivity index (χ1v) is 12.6. The maximum Gasteiger partial charge on any atom is 0.194 e. The van der Waals surface area contributed by atoms with Gasteiger partial charge in [0.15, 0.2) is 5.96 Å². The van der Waals surface area contributed by atoms with Gasteiger partial charge in [-0.15, -0.1) is 0 Å². The maximum atomic E-state index is 5.54. The number of nitrogens with one attached hydrogen (secondary N) is 1. The number of hydrogen-bond donors (Lipinski definition) is 1. The molecule has 3 aliphatic heterocycles. The lowest BCUT2D eigenvalue weighted by atomic mass is 10.1. The van der Waals surface area contributed by atoms with E-state index in [4.69, 9.17) is 9.73 Å². The van der Waals surface area contributed by atoms with Crippen molar-refractivity contribution in [3.63, 3.8) is 0 Å². The fourth-order valence-electron chi connectivity index (χ4n) is 5.13. The van der Waals surface area contributed by atoms with Gasteiger partial charge in [0.2, 0.25) is 0 Å².